The molecule has 1 aromatic heterocycles. The van der Waals surface area contributed by atoms with Gasteiger partial charge in [-0.05, 0) is 18.6 Å². The van der Waals surface area contributed by atoms with Gasteiger partial charge < -0.3 is 9.52 Å². The summed E-state index contributed by atoms with van der Waals surface area (Å²) in [5, 5.41) is 9.26. The molecule has 84 valence electrons. The Morgan fingerprint density at radius 3 is 2.88 bits per heavy atom. The van der Waals surface area contributed by atoms with Crippen LogP contribution in [0.2, 0.25) is 0 Å². The molecule has 0 fully saturated rings. The highest BCUT2D eigenvalue weighted by Crippen LogP contribution is 2.29. The fraction of sp³-hybridized carbons (Fsp3) is 0.250. The number of carboxylic acids is 1. The lowest BCUT2D eigenvalue weighted by molar-refractivity contribution is 0.0663. The first-order chi connectivity index (χ1) is 7.65. The lowest BCUT2D eigenvalue weighted by Crippen LogP contribution is -1.99. The van der Waals surface area contributed by atoms with E-state index in [1.165, 1.54) is 12.1 Å². The van der Waals surface area contributed by atoms with E-state index >= 15 is 0 Å². The van der Waals surface area contributed by atoms with Crippen molar-refractivity contribution in [3.63, 3.8) is 0 Å². The number of carboxylic acid groups (broad SMARTS) is 1. The second kappa shape index (κ2) is 3.96. The van der Waals surface area contributed by atoms with Crippen LogP contribution in [0.1, 0.15) is 29.5 Å². The predicted octanol–water partition coefficient (Wildman–Crippen LogP) is 3.22. The van der Waals surface area contributed by atoms with Gasteiger partial charge in [0, 0.05) is 5.56 Å². The van der Waals surface area contributed by atoms with Gasteiger partial charge in [0.15, 0.2) is 0 Å². The van der Waals surface area contributed by atoms with E-state index in [4.69, 9.17) is 9.52 Å². The largest absolute Gasteiger partial charge is 0.475 e. The third-order valence-electron chi connectivity index (χ3n) is 2.46. The third-order valence-corrected chi connectivity index (χ3v) is 2.46. The van der Waals surface area contributed by atoms with Crippen LogP contribution in [-0.2, 0) is 6.42 Å². The van der Waals surface area contributed by atoms with Crippen LogP contribution in [0, 0.1) is 5.82 Å². The number of furan rings is 1. The third kappa shape index (κ3) is 1.56. The second-order valence-electron chi connectivity index (χ2n) is 3.58. The number of benzene rings is 1. The van der Waals surface area contributed by atoms with Crippen LogP contribution in [0.25, 0.3) is 11.0 Å². The summed E-state index contributed by atoms with van der Waals surface area (Å²) in [7, 11) is 0. The zero-order valence-electron chi connectivity index (χ0n) is 8.79. The Morgan fingerprint density at radius 1 is 1.50 bits per heavy atom. The lowest BCUT2D eigenvalue weighted by atomic mass is 10.1. The topological polar surface area (TPSA) is 50.4 Å². The maximum atomic E-state index is 13.6. The van der Waals surface area contributed by atoms with Crippen LogP contribution in [0.5, 0.6) is 0 Å². The van der Waals surface area contributed by atoms with E-state index in [1.54, 1.807) is 6.07 Å². The summed E-state index contributed by atoms with van der Waals surface area (Å²) in [4.78, 5) is 11.0. The van der Waals surface area contributed by atoms with Crippen molar-refractivity contribution < 1.29 is 18.7 Å². The van der Waals surface area contributed by atoms with Gasteiger partial charge in [-0.25, -0.2) is 9.18 Å². The molecule has 0 atom stereocenters. The first-order valence-electron chi connectivity index (χ1n) is 5.08. The minimum absolute atomic E-state index is 0.151. The van der Waals surface area contributed by atoms with E-state index in [-0.39, 0.29) is 5.76 Å². The van der Waals surface area contributed by atoms with Gasteiger partial charge in [-0.1, -0.05) is 19.4 Å². The predicted molar refractivity (Wildman–Crippen MR) is 57.1 cm³/mol. The van der Waals surface area contributed by atoms with E-state index in [0.29, 0.717) is 23.0 Å². The molecule has 0 aliphatic heterocycles. The number of fused-ring (bicyclic) bond motifs is 1. The van der Waals surface area contributed by atoms with E-state index in [9.17, 15) is 9.18 Å². The summed E-state index contributed by atoms with van der Waals surface area (Å²) >= 11 is 0. The smallest absolute Gasteiger partial charge is 0.372 e. The van der Waals surface area contributed by atoms with Crippen molar-refractivity contribution in [2.24, 2.45) is 0 Å². The van der Waals surface area contributed by atoms with E-state index < -0.39 is 11.8 Å². The Balaban J connectivity index is 2.77. The van der Waals surface area contributed by atoms with E-state index in [0.717, 1.165) is 6.42 Å². The van der Waals surface area contributed by atoms with Gasteiger partial charge >= 0.3 is 5.97 Å². The molecule has 4 heteroatoms. The van der Waals surface area contributed by atoms with Gasteiger partial charge in [-0.2, -0.15) is 0 Å². The van der Waals surface area contributed by atoms with E-state index in [2.05, 4.69) is 0 Å². The molecule has 0 bridgehead atoms. The van der Waals surface area contributed by atoms with Gasteiger partial charge in [-0.15, -0.1) is 0 Å². The minimum atomic E-state index is -1.15. The zero-order chi connectivity index (χ0) is 11.7. The van der Waals surface area contributed by atoms with Crippen LogP contribution in [0.4, 0.5) is 4.39 Å². The fourth-order valence-corrected chi connectivity index (χ4v) is 1.83. The molecule has 0 amide bonds. The Labute approximate surface area is 91.5 Å². The normalized spacial score (nSPS) is 10.9. The molecule has 16 heavy (non-hydrogen) atoms. The van der Waals surface area contributed by atoms with Crippen molar-refractivity contribution in [1.82, 2.24) is 0 Å². The quantitative estimate of drug-likeness (QED) is 0.867. The van der Waals surface area contributed by atoms with Crippen LogP contribution in [-0.4, -0.2) is 11.1 Å². The highest BCUT2D eigenvalue weighted by Gasteiger charge is 2.21. The molecular weight excluding hydrogens is 211 g/mol. The standard InChI is InChI=1S/C12H11FO3/c1-2-4-7-10-8(13)5-3-6-9(10)16-11(7)12(14)15/h3,5-6H,2,4H2,1H3,(H,14,15). The van der Waals surface area contributed by atoms with Crippen LogP contribution >= 0.6 is 0 Å². The van der Waals surface area contributed by atoms with Crippen molar-refractivity contribution in [1.29, 1.82) is 0 Å². The molecule has 2 aromatic rings. The second-order valence-corrected chi connectivity index (χ2v) is 3.58. The Hall–Kier alpha value is -1.84. The van der Waals surface area contributed by atoms with E-state index in [1.807, 2.05) is 6.92 Å². The first-order valence-corrected chi connectivity index (χ1v) is 5.08. The van der Waals surface area contributed by atoms with Crippen molar-refractivity contribution in [3.05, 3.63) is 35.3 Å². The minimum Gasteiger partial charge on any atom is -0.475 e. The van der Waals surface area contributed by atoms with Crippen LogP contribution in [0.3, 0.4) is 0 Å². The maximum absolute atomic E-state index is 13.6. The Morgan fingerprint density at radius 2 is 2.25 bits per heavy atom. The first kappa shape index (κ1) is 10.7. The van der Waals surface area contributed by atoms with Crippen LogP contribution in [0.15, 0.2) is 22.6 Å². The van der Waals surface area contributed by atoms with Crippen molar-refractivity contribution in [2.45, 2.75) is 19.8 Å². The lowest BCUT2D eigenvalue weighted by Gasteiger charge is -1.97. The van der Waals surface area contributed by atoms with Crippen LogP contribution < -0.4 is 0 Å². The maximum Gasteiger partial charge on any atom is 0.372 e. The SMILES string of the molecule is CCCc1c(C(=O)O)oc2cccc(F)c12. The highest BCUT2D eigenvalue weighted by atomic mass is 19.1. The number of carbonyl (C=O) groups is 1. The van der Waals surface area contributed by atoms with Gasteiger partial charge in [0.2, 0.25) is 5.76 Å². The number of aryl methyl sites for hydroxylation is 1. The summed E-state index contributed by atoms with van der Waals surface area (Å²) in [6.45, 7) is 1.91. The summed E-state index contributed by atoms with van der Waals surface area (Å²) in [6.07, 6.45) is 1.23. The number of hydrogen-bond acceptors (Lipinski definition) is 2. The molecular formula is C12H11FO3. The van der Waals surface area contributed by atoms with Gasteiger partial charge in [0.05, 0.1) is 5.39 Å². The van der Waals surface area contributed by atoms with Crippen molar-refractivity contribution in [2.75, 3.05) is 0 Å². The Bertz CT molecular complexity index is 542. The highest BCUT2D eigenvalue weighted by molar-refractivity contribution is 5.95. The molecule has 2 rings (SSSR count). The molecule has 1 N–H and O–H groups in total. The number of hydrogen-bond donors (Lipinski definition) is 1. The molecule has 0 spiro atoms. The molecule has 0 saturated carbocycles. The molecule has 0 saturated heterocycles. The molecule has 3 nitrogen and oxygen atoms in total. The van der Waals surface area contributed by atoms with Gasteiger partial charge in [0.1, 0.15) is 11.4 Å². The summed E-state index contributed by atoms with van der Waals surface area (Å²) < 4.78 is 18.7. The molecule has 0 unspecified atom stereocenters. The Kier molecular flexibility index (Phi) is 2.64. The van der Waals surface area contributed by atoms with Gasteiger partial charge in [0.25, 0.3) is 0 Å². The zero-order valence-corrected chi connectivity index (χ0v) is 8.79. The molecule has 0 aliphatic carbocycles. The number of rotatable bonds is 3. The monoisotopic (exact) mass is 222 g/mol. The average Bonchev–Trinajstić information content (AvgIpc) is 2.59. The fourth-order valence-electron chi connectivity index (χ4n) is 1.83. The number of halogens is 1. The molecule has 1 aromatic carbocycles. The van der Waals surface area contributed by atoms with Crippen molar-refractivity contribution >= 4 is 16.9 Å². The molecule has 1 heterocycles. The summed E-state index contributed by atoms with van der Waals surface area (Å²) in [6, 6.07) is 4.38. The molecule has 0 aliphatic rings. The van der Waals surface area contributed by atoms with Crippen molar-refractivity contribution in [3.8, 4) is 0 Å². The molecule has 0 radical (unpaired) electrons. The number of aromatic carboxylic acids is 1. The summed E-state index contributed by atoms with van der Waals surface area (Å²) in [5.74, 6) is -1.74. The summed E-state index contributed by atoms with van der Waals surface area (Å²) in [5.41, 5.74) is 0.740. The van der Waals surface area contributed by atoms with Gasteiger partial charge in [-0.3, -0.25) is 0 Å². The average molecular weight is 222 g/mol.